The molecular formula is C9H7N3O. The molecule has 0 fully saturated rings. The molecule has 2 N–H and O–H groups in total. The first-order valence-electron chi connectivity index (χ1n) is 3.83. The molecule has 0 radical (unpaired) electrons. The van der Waals surface area contributed by atoms with Crippen LogP contribution >= 0.6 is 0 Å². The lowest BCUT2D eigenvalue weighted by Crippen LogP contribution is -1.94. The lowest BCUT2D eigenvalue weighted by atomic mass is 10.2. The van der Waals surface area contributed by atoms with Crippen molar-refractivity contribution in [2.24, 2.45) is 5.73 Å². The van der Waals surface area contributed by atoms with Crippen LogP contribution in [0.15, 0.2) is 22.6 Å². The van der Waals surface area contributed by atoms with Crippen LogP contribution in [0.3, 0.4) is 0 Å². The molecule has 1 aromatic carbocycles. The van der Waals surface area contributed by atoms with Crippen LogP contribution < -0.4 is 5.73 Å². The Bertz CT molecular complexity index is 481. The van der Waals surface area contributed by atoms with Crippen LogP contribution in [0.5, 0.6) is 0 Å². The SMILES string of the molecule is N#Cc1nc2ccc(CN)cc2o1. The average molecular weight is 173 g/mol. The number of nitrogens with two attached hydrogens (primary N) is 1. The Kier molecular flexibility index (Phi) is 1.72. The molecule has 0 atom stereocenters. The largest absolute Gasteiger partial charge is 0.428 e. The second-order valence-corrected chi connectivity index (χ2v) is 2.64. The molecule has 0 aliphatic heterocycles. The van der Waals surface area contributed by atoms with E-state index in [0.29, 0.717) is 17.6 Å². The third kappa shape index (κ3) is 1.25. The van der Waals surface area contributed by atoms with Gasteiger partial charge in [0.1, 0.15) is 5.52 Å². The van der Waals surface area contributed by atoms with Gasteiger partial charge in [-0.25, -0.2) is 0 Å². The number of oxazole rings is 1. The average Bonchev–Trinajstić information content (AvgIpc) is 2.58. The Balaban J connectivity index is 2.65. The van der Waals surface area contributed by atoms with Crippen molar-refractivity contribution in [3.63, 3.8) is 0 Å². The van der Waals surface area contributed by atoms with Crippen LogP contribution in [0.25, 0.3) is 11.1 Å². The molecule has 0 aliphatic rings. The van der Waals surface area contributed by atoms with Gasteiger partial charge in [0.15, 0.2) is 11.7 Å². The topological polar surface area (TPSA) is 75.8 Å². The van der Waals surface area contributed by atoms with Crippen molar-refractivity contribution in [1.29, 1.82) is 5.26 Å². The van der Waals surface area contributed by atoms with Crippen molar-refractivity contribution in [3.05, 3.63) is 29.7 Å². The Morgan fingerprint density at radius 3 is 3.08 bits per heavy atom. The smallest absolute Gasteiger partial charge is 0.301 e. The zero-order chi connectivity index (χ0) is 9.26. The maximum Gasteiger partial charge on any atom is 0.301 e. The molecule has 2 rings (SSSR count). The van der Waals surface area contributed by atoms with E-state index >= 15 is 0 Å². The van der Waals surface area contributed by atoms with Crippen molar-refractivity contribution in [1.82, 2.24) is 4.98 Å². The Hall–Kier alpha value is -1.86. The van der Waals surface area contributed by atoms with E-state index in [0.717, 1.165) is 5.56 Å². The van der Waals surface area contributed by atoms with E-state index in [9.17, 15) is 0 Å². The fourth-order valence-corrected chi connectivity index (χ4v) is 1.14. The molecule has 0 bridgehead atoms. The monoisotopic (exact) mass is 173 g/mol. The molecule has 0 amide bonds. The standard InChI is InChI=1S/C9H7N3O/c10-4-6-1-2-7-8(3-6)13-9(5-11)12-7/h1-3H,4,10H2. The van der Waals surface area contributed by atoms with E-state index in [4.69, 9.17) is 15.4 Å². The van der Waals surface area contributed by atoms with Gasteiger partial charge in [-0.1, -0.05) is 6.07 Å². The van der Waals surface area contributed by atoms with Gasteiger partial charge in [0.25, 0.3) is 0 Å². The first-order chi connectivity index (χ1) is 6.33. The van der Waals surface area contributed by atoms with Gasteiger partial charge in [0.2, 0.25) is 0 Å². The lowest BCUT2D eigenvalue weighted by molar-refractivity contribution is 0.583. The van der Waals surface area contributed by atoms with Crippen molar-refractivity contribution in [2.45, 2.75) is 6.54 Å². The van der Waals surface area contributed by atoms with Gasteiger partial charge in [0, 0.05) is 6.54 Å². The maximum absolute atomic E-state index is 8.53. The fraction of sp³-hybridized carbons (Fsp3) is 0.111. The second-order valence-electron chi connectivity index (χ2n) is 2.64. The summed E-state index contributed by atoms with van der Waals surface area (Å²) < 4.78 is 5.13. The molecule has 0 spiro atoms. The summed E-state index contributed by atoms with van der Waals surface area (Å²) >= 11 is 0. The van der Waals surface area contributed by atoms with Gasteiger partial charge in [0.05, 0.1) is 0 Å². The molecule has 0 saturated carbocycles. The molecule has 13 heavy (non-hydrogen) atoms. The summed E-state index contributed by atoms with van der Waals surface area (Å²) in [5.41, 5.74) is 7.72. The molecule has 0 unspecified atom stereocenters. The van der Waals surface area contributed by atoms with Crippen molar-refractivity contribution >= 4 is 11.1 Å². The summed E-state index contributed by atoms with van der Waals surface area (Å²) in [6.45, 7) is 0.457. The first-order valence-corrected chi connectivity index (χ1v) is 3.83. The molecule has 0 aliphatic carbocycles. The minimum Gasteiger partial charge on any atom is -0.428 e. The van der Waals surface area contributed by atoms with Crippen LogP contribution in [-0.2, 0) is 6.54 Å². The highest BCUT2D eigenvalue weighted by atomic mass is 16.3. The maximum atomic E-state index is 8.53. The number of hydrogen-bond donors (Lipinski definition) is 1. The van der Waals surface area contributed by atoms with Gasteiger partial charge in [-0.15, -0.1) is 0 Å². The highest BCUT2D eigenvalue weighted by Gasteiger charge is 2.04. The molecule has 0 saturated heterocycles. The molecule has 1 aromatic heterocycles. The number of benzene rings is 1. The van der Waals surface area contributed by atoms with Gasteiger partial charge in [-0.05, 0) is 17.7 Å². The lowest BCUT2D eigenvalue weighted by Gasteiger charge is -1.92. The molecule has 4 nitrogen and oxygen atoms in total. The van der Waals surface area contributed by atoms with Crippen LogP contribution in [0, 0.1) is 11.3 Å². The highest BCUT2D eigenvalue weighted by Crippen LogP contribution is 2.16. The molecular weight excluding hydrogens is 166 g/mol. The van der Waals surface area contributed by atoms with E-state index in [2.05, 4.69) is 4.98 Å². The van der Waals surface area contributed by atoms with Crippen molar-refractivity contribution in [2.75, 3.05) is 0 Å². The van der Waals surface area contributed by atoms with Crippen molar-refractivity contribution in [3.8, 4) is 6.07 Å². The van der Waals surface area contributed by atoms with E-state index in [1.165, 1.54) is 0 Å². The van der Waals surface area contributed by atoms with E-state index in [-0.39, 0.29) is 5.89 Å². The number of nitrogens with zero attached hydrogens (tertiary/aromatic N) is 2. The summed E-state index contributed by atoms with van der Waals surface area (Å²) in [6, 6.07) is 7.30. The number of nitriles is 1. The molecule has 2 aromatic rings. The number of aromatic nitrogens is 1. The molecule has 4 heteroatoms. The molecule has 64 valence electrons. The minimum absolute atomic E-state index is 0.0872. The number of hydrogen-bond acceptors (Lipinski definition) is 4. The highest BCUT2D eigenvalue weighted by molar-refractivity contribution is 5.73. The number of rotatable bonds is 1. The summed E-state index contributed by atoms with van der Waals surface area (Å²) in [7, 11) is 0. The third-order valence-corrected chi connectivity index (χ3v) is 1.78. The summed E-state index contributed by atoms with van der Waals surface area (Å²) in [5, 5.41) is 8.53. The van der Waals surface area contributed by atoms with E-state index < -0.39 is 0 Å². The fourth-order valence-electron chi connectivity index (χ4n) is 1.14. The normalized spacial score (nSPS) is 10.2. The minimum atomic E-state index is 0.0872. The quantitative estimate of drug-likeness (QED) is 0.702. The second kappa shape index (κ2) is 2.88. The van der Waals surface area contributed by atoms with Gasteiger partial charge < -0.3 is 10.2 Å². The zero-order valence-corrected chi connectivity index (χ0v) is 6.82. The predicted molar refractivity (Wildman–Crippen MR) is 46.6 cm³/mol. The Morgan fingerprint density at radius 2 is 2.38 bits per heavy atom. The van der Waals surface area contributed by atoms with Gasteiger partial charge in [-0.3, -0.25) is 0 Å². The predicted octanol–water partition coefficient (Wildman–Crippen LogP) is 1.16. The number of fused-ring (bicyclic) bond motifs is 1. The van der Waals surface area contributed by atoms with Crippen LogP contribution in [0.2, 0.25) is 0 Å². The van der Waals surface area contributed by atoms with Crippen molar-refractivity contribution < 1.29 is 4.42 Å². The zero-order valence-electron chi connectivity index (χ0n) is 6.82. The van der Waals surface area contributed by atoms with E-state index in [1.807, 2.05) is 12.1 Å². The van der Waals surface area contributed by atoms with Crippen LogP contribution in [-0.4, -0.2) is 4.98 Å². The Labute approximate surface area is 74.6 Å². The van der Waals surface area contributed by atoms with E-state index in [1.54, 1.807) is 12.1 Å². The summed E-state index contributed by atoms with van der Waals surface area (Å²) in [6.07, 6.45) is 0. The van der Waals surface area contributed by atoms with Gasteiger partial charge >= 0.3 is 5.89 Å². The van der Waals surface area contributed by atoms with Crippen LogP contribution in [0.4, 0.5) is 0 Å². The summed E-state index contributed by atoms with van der Waals surface area (Å²) in [4.78, 5) is 3.94. The van der Waals surface area contributed by atoms with Gasteiger partial charge in [-0.2, -0.15) is 10.2 Å². The van der Waals surface area contributed by atoms with Crippen LogP contribution in [0.1, 0.15) is 11.5 Å². The first kappa shape index (κ1) is 7.77. The Morgan fingerprint density at radius 1 is 1.54 bits per heavy atom. The molecule has 1 heterocycles. The third-order valence-electron chi connectivity index (χ3n) is 1.78. The summed E-state index contributed by atoms with van der Waals surface area (Å²) in [5.74, 6) is 0.0872.